The highest BCUT2D eigenvalue weighted by Crippen LogP contribution is 2.45. The lowest BCUT2D eigenvalue weighted by atomic mass is 9.90. The summed E-state index contributed by atoms with van der Waals surface area (Å²) in [6, 6.07) is 0. The Morgan fingerprint density at radius 3 is 2.42 bits per heavy atom. The zero-order chi connectivity index (χ0) is 36.4. The lowest BCUT2D eigenvalue weighted by Crippen LogP contribution is -2.52. The number of cyclic esters (lactones) is 1. The quantitative estimate of drug-likeness (QED) is 0.0690. The summed E-state index contributed by atoms with van der Waals surface area (Å²) in [5.74, 6) is 0.0243. The third kappa shape index (κ3) is 11.6. The minimum Gasteiger partial charge on any atom is -0.456 e. The van der Waals surface area contributed by atoms with Gasteiger partial charge in [0.25, 0.3) is 0 Å². The molecule has 2 bridgehead atoms. The summed E-state index contributed by atoms with van der Waals surface area (Å²) in [6.45, 7) is 23.3. The van der Waals surface area contributed by atoms with Gasteiger partial charge in [-0.15, -0.1) is 0 Å². The molecule has 0 aromatic rings. The van der Waals surface area contributed by atoms with E-state index in [0.29, 0.717) is 48.4 Å². The highest BCUT2D eigenvalue weighted by Gasteiger charge is 2.51. The van der Waals surface area contributed by atoms with E-state index in [1.54, 1.807) is 13.2 Å². The lowest BCUT2D eigenvalue weighted by molar-refractivity contribution is -0.147. The average molecular weight is 715 g/mol. The molecule has 0 aliphatic carbocycles. The van der Waals surface area contributed by atoms with E-state index in [-0.39, 0.29) is 49.4 Å². The second kappa shape index (κ2) is 19.3. The third-order valence-corrected chi connectivity index (χ3v) is 16.9. The molecule has 1 saturated heterocycles. The molecular formula is C41H66O8Si. The molecule has 1 unspecified atom stereocenters. The molecule has 0 radical (unpaired) electrons. The van der Waals surface area contributed by atoms with E-state index < -0.39 is 20.5 Å². The van der Waals surface area contributed by atoms with Crippen molar-refractivity contribution in [1.82, 2.24) is 0 Å². The maximum absolute atomic E-state index is 13.6. The van der Waals surface area contributed by atoms with Crippen LogP contribution < -0.4 is 0 Å². The van der Waals surface area contributed by atoms with Crippen LogP contribution in [0, 0.1) is 5.92 Å². The minimum atomic E-state index is -2.40. The van der Waals surface area contributed by atoms with Gasteiger partial charge >= 0.3 is 5.97 Å². The van der Waals surface area contributed by atoms with Gasteiger partial charge in [0, 0.05) is 19.6 Å². The van der Waals surface area contributed by atoms with Crippen molar-refractivity contribution in [2.45, 2.75) is 166 Å². The molecule has 4 aliphatic heterocycles. The highest BCUT2D eigenvalue weighted by molar-refractivity contribution is 6.77. The number of carbonyl (C=O) groups excluding carboxylic acids is 1. The van der Waals surface area contributed by atoms with Crippen LogP contribution >= 0.6 is 0 Å². The van der Waals surface area contributed by atoms with Crippen molar-refractivity contribution in [3.63, 3.8) is 0 Å². The van der Waals surface area contributed by atoms with Crippen molar-refractivity contribution >= 4 is 14.3 Å². The van der Waals surface area contributed by atoms with E-state index in [1.165, 1.54) is 5.57 Å². The predicted molar refractivity (Wildman–Crippen MR) is 201 cm³/mol. The maximum atomic E-state index is 13.6. The van der Waals surface area contributed by atoms with Crippen LogP contribution in [0.5, 0.6) is 0 Å². The summed E-state index contributed by atoms with van der Waals surface area (Å²) < 4.78 is 44.2. The van der Waals surface area contributed by atoms with Gasteiger partial charge in [0.2, 0.25) is 8.32 Å². The summed E-state index contributed by atoms with van der Waals surface area (Å²) in [6.07, 6.45) is 17.8. The zero-order valence-corrected chi connectivity index (χ0v) is 33.3. The van der Waals surface area contributed by atoms with Gasteiger partial charge in [0.15, 0.2) is 0 Å². The number of methoxy groups -OCH3 is 1. The minimum absolute atomic E-state index is 0.0633. The predicted octanol–water partition coefficient (Wildman–Crippen LogP) is 8.93. The molecule has 4 rings (SSSR count). The fourth-order valence-electron chi connectivity index (χ4n) is 8.49. The van der Waals surface area contributed by atoms with Crippen LogP contribution in [0.25, 0.3) is 0 Å². The fourth-order valence-corrected chi connectivity index (χ4v) is 14.0. The Bertz CT molecular complexity index is 1200. The molecule has 0 amide bonds. The van der Waals surface area contributed by atoms with E-state index in [2.05, 4.69) is 92.3 Å². The van der Waals surface area contributed by atoms with Crippen LogP contribution in [0.3, 0.4) is 0 Å². The van der Waals surface area contributed by atoms with Crippen LogP contribution in [0.2, 0.25) is 16.6 Å². The van der Waals surface area contributed by atoms with Crippen molar-refractivity contribution in [2.24, 2.45) is 5.92 Å². The molecule has 4 heterocycles. The number of hydrogen-bond donors (Lipinski definition) is 0. The smallest absolute Gasteiger partial charge is 0.330 e. The Morgan fingerprint density at radius 2 is 1.74 bits per heavy atom. The summed E-state index contributed by atoms with van der Waals surface area (Å²) in [7, 11) is -0.771. The van der Waals surface area contributed by atoms with E-state index in [9.17, 15) is 4.79 Å². The van der Waals surface area contributed by atoms with Crippen molar-refractivity contribution < 1.29 is 37.6 Å². The third-order valence-electron chi connectivity index (χ3n) is 10.8. The molecule has 4 aliphatic rings. The molecule has 50 heavy (non-hydrogen) atoms. The Balaban J connectivity index is 1.69. The molecule has 1 fully saturated rings. The molecule has 8 nitrogen and oxygen atoms in total. The molecule has 0 saturated carbocycles. The van der Waals surface area contributed by atoms with Crippen LogP contribution in [0.15, 0.2) is 60.3 Å². The zero-order valence-electron chi connectivity index (χ0n) is 32.3. The second-order valence-electron chi connectivity index (χ2n) is 16.0. The maximum Gasteiger partial charge on any atom is 0.330 e. The molecular weight excluding hydrogens is 649 g/mol. The van der Waals surface area contributed by atoms with Crippen molar-refractivity contribution in [1.29, 1.82) is 0 Å². The number of epoxide rings is 1. The Labute approximate surface area is 303 Å². The first-order valence-corrected chi connectivity index (χ1v) is 21.2. The first kappa shape index (κ1) is 40.9. The Morgan fingerprint density at radius 1 is 1.00 bits per heavy atom. The number of fused-ring (bicyclic) bond motifs is 3. The Kier molecular flexibility index (Phi) is 15.8. The summed E-state index contributed by atoms with van der Waals surface area (Å²) in [4.78, 5) is 13.6. The van der Waals surface area contributed by atoms with Gasteiger partial charge < -0.3 is 32.8 Å². The largest absolute Gasteiger partial charge is 0.456 e. The SMILES string of the molecule is C=C1CC(OCOC)[C@@H]2O[C@@H]2C[C@@H]([C@H](/C=C/[C@@H]2CC(C)=CCO2)O[Si](C(C)C)(C(C)C)C(C)C)OC(=O)/C=C\C[C@@H]2C=CC[C@@H](C[C@@H](C)C1)O2. The number of esters is 1. The van der Waals surface area contributed by atoms with Crippen LogP contribution in [0.1, 0.15) is 100 Å². The molecule has 9 heteroatoms. The van der Waals surface area contributed by atoms with Gasteiger partial charge in [0.1, 0.15) is 25.1 Å². The van der Waals surface area contributed by atoms with Gasteiger partial charge in [-0.05, 0) is 68.0 Å². The van der Waals surface area contributed by atoms with E-state index in [0.717, 1.165) is 31.3 Å². The van der Waals surface area contributed by atoms with E-state index in [4.69, 9.17) is 32.8 Å². The summed E-state index contributed by atoms with van der Waals surface area (Å²) in [5, 5.41) is 0. The van der Waals surface area contributed by atoms with Crippen molar-refractivity contribution in [3.05, 3.63) is 60.3 Å². The molecule has 0 aromatic carbocycles. The summed E-state index contributed by atoms with van der Waals surface area (Å²) >= 11 is 0. The van der Waals surface area contributed by atoms with E-state index in [1.807, 2.05) is 6.08 Å². The standard InChI is InChI=1S/C41H66O8Si/c1-27(2)50(28(3)4,29(5)6)49-36(18-17-34-22-30(7)19-20-44-34)37-25-39-41(48-39)38(45-26-43-10)24-32(9)21-31(8)23-35-15-11-13-33(46-35)14-12-16-40(42)47-37/h11-13,16-19,27-29,31,33-39,41H,9,14-15,20-26H2,1-8,10H3/b16-12-,18-17+/t31-,33-,34+,35-,36-,37-,38?,39+,41-/m0/s1. The van der Waals surface area contributed by atoms with Crippen molar-refractivity contribution in [3.8, 4) is 0 Å². The molecule has 9 atom stereocenters. The van der Waals surface area contributed by atoms with Gasteiger partial charge in [-0.1, -0.05) is 103 Å². The van der Waals surface area contributed by atoms with Crippen LogP contribution in [0.4, 0.5) is 0 Å². The normalized spacial score (nSPS) is 33.2. The molecule has 282 valence electrons. The number of rotatable bonds is 11. The monoisotopic (exact) mass is 714 g/mol. The number of ether oxygens (including phenoxy) is 6. The first-order valence-electron chi connectivity index (χ1n) is 19.1. The first-order chi connectivity index (χ1) is 23.8. The number of hydrogen-bond acceptors (Lipinski definition) is 8. The van der Waals surface area contributed by atoms with Crippen LogP contribution in [-0.4, -0.2) is 83.6 Å². The van der Waals surface area contributed by atoms with Crippen molar-refractivity contribution in [2.75, 3.05) is 20.5 Å². The topological polar surface area (TPSA) is 85.0 Å². The molecule has 0 N–H and O–H groups in total. The average Bonchev–Trinajstić information content (AvgIpc) is 3.81. The second-order valence-corrected chi connectivity index (χ2v) is 21.4. The highest BCUT2D eigenvalue weighted by atomic mass is 28.4. The van der Waals surface area contributed by atoms with Crippen LogP contribution in [-0.2, 0) is 37.6 Å². The van der Waals surface area contributed by atoms with Gasteiger partial charge in [0.05, 0.1) is 37.1 Å². The van der Waals surface area contributed by atoms with Gasteiger partial charge in [-0.2, -0.15) is 0 Å². The van der Waals surface area contributed by atoms with Gasteiger partial charge in [-0.3, -0.25) is 0 Å². The lowest BCUT2D eigenvalue weighted by Gasteiger charge is -2.45. The summed E-state index contributed by atoms with van der Waals surface area (Å²) in [5.41, 5.74) is 3.48. The Hall–Kier alpha value is -1.85. The molecule has 0 spiro atoms. The molecule has 0 aromatic heterocycles. The van der Waals surface area contributed by atoms with E-state index >= 15 is 0 Å². The van der Waals surface area contributed by atoms with Gasteiger partial charge in [-0.25, -0.2) is 4.79 Å². The fraction of sp³-hybridized carbons (Fsp3) is 0.732. The number of carbonyl (C=O) groups is 1.